The SMILES string of the molecule is Cc1cc(C)cc(C2(c3ccncc3)C=NOC2NC(=O)C(C)c2cccc(CN)c2)c1. The van der Waals surface area contributed by atoms with Crippen molar-refractivity contribution in [2.24, 2.45) is 10.9 Å². The molecular weight excluding hydrogens is 400 g/mol. The molecule has 0 bridgehead atoms. The number of nitrogens with zero attached hydrogens (tertiary/aromatic N) is 2. The molecule has 0 radical (unpaired) electrons. The Morgan fingerprint density at radius 2 is 1.81 bits per heavy atom. The lowest BCUT2D eigenvalue weighted by molar-refractivity contribution is -0.127. The Balaban J connectivity index is 1.71. The minimum absolute atomic E-state index is 0.141. The van der Waals surface area contributed by atoms with Crippen LogP contribution in [-0.2, 0) is 21.6 Å². The Labute approximate surface area is 188 Å². The highest BCUT2D eigenvalue weighted by molar-refractivity contribution is 5.87. The van der Waals surface area contributed by atoms with Gasteiger partial charge in [0.1, 0.15) is 5.41 Å². The summed E-state index contributed by atoms with van der Waals surface area (Å²) in [6, 6.07) is 18.0. The van der Waals surface area contributed by atoms with Crippen LogP contribution in [0.15, 0.2) is 72.1 Å². The van der Waals surface area contributed by atoms with Crippen molar-refractivity contribution >= 4 is 12.1 Å². The van der Waals surface area contributed by atoms with E-state index in [1.54, 1.807) is 18.6 Å². The lowest BCUT2D eigenvalue weighted by Gasteiger charge is -2.33. The van der Waals surface area contributed by atoms with Crippen LogP contribution in [0, 0.1) is 13.8 Å². The fourth-order valence-corrected chi connectivity index (χ4v) is 4.32. The van der Waals surface area contributed by atoms with Crippen LogP contribution in [0.5, 0.6) is 0 Å². The Morgan fingerprint density at radius 1 is 1.09 bits per heavy atom. The van der Waals surface area contributed by atoms with Gasteiger partial charge in [-0.3, -0.25) is 9.78 Å². The molecule has 2 heterocycles. The van der Waals surface area contributed by atoms with Crippen LogP contribution in [0.1, 0.15) is 46.2 Å². The van der Waals surface area contributed by atoms with Crippen molar-refractivity contribution in [2.45, 2.75) is 44.9 Å². The fourth-order valence-electron chi connectivity index (χ4n) is 4.32. The number of hydrogen-bond acceptors (Lipinski definition) is 5. The molecule has 3 atom stereocenters. The van der Waals surface area contributed by atoms with Crippen LogP contribution in [0.3, 0.4) is 0 Å². The predicted octanol–water partition coefficient (Wildman–Crippen LogP) is 3.71. The highest BCUT2D eigenvalue weighted by Gasteiger charge is 2.48. The molecule has 1 amide bonds. The van der Waals surface area contributed by atoms with Gasteiger partial charge in [0.05, 0.1) is 12.1 Å². The van der Waals surface area contributed by atoms with Gasteiger partial charge in [0.25, 0.3) is 0 Å². The van der Waals surface area contributed by atoms with E-state index in [9.17, 15) is 4.79 Å². The molecule has 6 heteroatoms. The highest BCUT2D eigenvalue weighted by Crippen LogP contribution is 2.39. The zero-order valence-electron chi connectivity index (χ0n) is 18.6. The summed E-state index contributed by atoms with van der Waals surface area (Å²) in [6.07, 6.45) is 4.57. The maximum absolute atomic E-state index is 13.3. The second-order valence-electron chi connectivity index (χ2n) is 8.38. The van der Waals surface area contributed by atoms with Gasteiger partial charge in [-0.15, -0.1) is 0 Å². The molecule has 1 aromatic heterocycles. The molecule has 3 N–H and O–H groups in total. The number of rotatable bonds is 6. The molecule has 32 heavy (non-hydrogen) atoms. The van der Waals surface area contributed by atoms with Crippen molar-refractivity contribution in [3.05, 3.63) is 100 Å². The fraction of sp³-hybridized carbons (Fsp3) is 0.269. The molecule has 0 aliphatic carbocycles. The first-order chi connectivity index (χ1) is 15.4. The number of hydrogen-bond donors (Lipinski definition) is 2. The summed E-state index contributed by atoms with van der Waals surface area (Å²) in [5.74, 6) is -0.516. The second-order valence-corrected chi connectivity index (χ2v) is 8.38. The van der Waals surface area contributed by atoms with E-state index >= 15 is 0 Å². The summed E-state index contributed by atoms with van der Waals surface area (Å²) in [5.41, 5.74) is 11.1. The predicted molar refractivity (Wildman–Crippen MR) is 125 cm³/mol. The van der Waals surface area contributed by atoms with E-state index in [-0.39, 0.29) is 11.8 Å². The molecule has 2 aromatic carbocycles. The number of oxime groups is 1. The highest BCUT2D eigenvalue weighted by atomic mass is 16.7. The summed E-state index contributed by atoms with van der Waals surface area (Å²) in [7, 11) is 0. The number of amides is 1. The lowest BCUT2D eigenvalue weighted by atomic mass is 9.73. The third-order valence-electron chi connectivity index (χ3n) is 6.05. The molecular formula is C26H28N4O2. The van der Waals surface area contributed by atoms with Gasteiger partial charge in [-0.25, -0.2) is 0 Å². The number of benzene rings is 2. The van der Waals surface area contributed by atoms with E-state index in [1.165, 1.54) is 0 Å². The summed E-state index contributed by atoms with van der Waals surface area (Å²) >= 11 is 0. The molecule has 3 unspecified atom stereocenters. The standard InChI is InChI=1S/C26H28N4O2/c1-17-11-18(2)13-23(12-17)26(22-7-9-28-10-8-22)16-29-32-25(26)30-24(31)19(3)21-6-4-5-20(14-21)15-27/h4-14,16,19,25H,15,27H2,1-3H3,(H,30,31). The van der Waals surface area contributed by atoms with Crippen molar-refractivity contribution < 1.29 is 9.63 Å². The van der Waals surface area contributed by atoms with Crippen LogP contribution in [0.4, 0.5) is 0 Å². The topological polar surface area (TPSA) is 89.6 Å². The molecule has 6 nitrogen and oxygen atoms in total. The second kappa shape index (κ2) is 8.93. The molecule has 4 rings (SSSR count). The van der Waals surface area contributed by atoms with Crippen molar-refractivity contribution in [3.63, 3.8) is 0 Å². The molecule has 1 aliphatic rings. The molecule has 3 aromatic rings. The summed E-state index contributed by atoms with van der Waals surface area (Å²) < 4.78 is 0. The summed E-state index contributed by atoms with van der Waals surface area (Å²) in [5, 5.41) is 7.27. The van der Waals surface area contributed by atoms with Crippen molar-refractivity contribution in [1.82, 2.24) is 10.3 Å². The van der Waals surface area contributed by atoms with E-state index in [0.717, 1.165) is 33.4 Å². The van der Waals surface area contributed by atoms with E-state index in [2.05, 4.69) is 47.5 Å². The summed E-state index contributed by atoms with van der Waals surface area (Å²) in [4.78, 5) is 23.2. The van der Waals surface area contributed by atoms with Gasteiger partial charge >= 0.3 is 0 Å². The van der Waals surface area contributed by atoms with Crippen LogP contribution in [0.25, 0.3) is 0 Å². The van der Waals surface area contributed by atoms with Gasteiger partial charge in [-0.05, 0) is 55.2 Å². The maximum Gasteiger partial charge on any atom is 0.230 e. The van der Waals surface area contributed by atoms with Gasteiger partial charge in [-0.2, -0.15) is 0 Å². The van der Waals surface area contributed by atoms with E-state index in [0.29, 0.717) is 6.54 Å². The lowest BCUT2D eigenvalue weighted by Crippen LogP contribution is -2.51. The quantitative estimate of drug-likeness (QED) is 0.626. The number of carbonyl (C=O) groups is 1. The Bertz CT molecular complexity index is 1130. The normalized spacial score (nSPS) is 20.6. The average Bonchev–Trinajstić information content (AvgIpc) is 3.23. The first-order valence-corrected chi connectivity index (χ1v) is 10.7. The zero-order chi connectivity index (χ0) is 22.7. The average molecular weight is 429 g/mol. The van der Waals surface area contributed by atoms with Crippen LogP contribution < -0.4 is 11.1 Å². The third-order valence-corrected chi connectivity index (χ3v) is 6.05. The number of carbonyl (C=O) groups excluding carboxylic acids is 1. The number of nitrogens with one attached hydrogen (secondary N) is 1. The molecule has 0 saturated heterocycles. The van der Waals surface area contributed by atoms with E-state index in [1.807, 2.05) is 43.3 Å². The summed E-state index contributed by atoms with van der Waals surface area (Å²) in [6.45, 7) is 6.43. The van der Waals surface area contributed by atoms with Crippen molar-refractivity contribution in [3.8, 4) is 0 Å². The van der Waals surface area contributed by atoms with Gasteiger partial charge in [0.15, 0.2) is 0 Å². The van der Waals surface area contributed by atoms with Gasteiger partial charge in [0, 0.05) is 18.9 Å². The Morgan fingerprint density at radius 3 is 2.50 bits per heavy atom. The van der Waals surface area contributed by atoms with Crippen LogP contribution >= 0.6 is 0 Å². The molecule has 0 fully saturated rings. The molecule has 164 valence electrons. The Hall–Kier alpha value is -3.51. The minimum Gasteiger partial charge on any atom is -0.369 e. The largest absolute Gasteiger partial charge is 0.369 e. The van der Waals surface area contributed by atoms with Crippen molar-refractivity contribution in [2.75, 3.05) is 0 Å². The van der Waals surface area contributed by atoms with Gasteiger partial charge in [0.2, 0.25) is 12.1 Å². The minimum atomic E-state index is -0.770. The van der Waals surface area contributed by atoms with Gasteiger partial charge < -0.3 is 15.9 Å². The van der Waals surface area contributed by atoms with E-state index < -0.39 is 11.6 Å². The molecule has 0 spiro atoms. The van der Waals surface area contributed by atoms with E-state index in [4.69, 9.17) is 10.6 Å². The van der Waals surface area contributed by atoms with Crippen molar-refractivity contribution in [1.29, 1.82) is 0 Å². The Kier molecular flexibility index (Phi) is 6.06. The number of pyridine rings is 1. The smallest absolute Gasteiger partial charge is 0.230 e. The number of aryl methyl sites for hydroxylation is 2. The number of aromatic nitrogens is 1. The molecule has 0 saturated carbocycles. The number of nitrogens with two attached hydrogens (primary N) is 1. The third kappa shape index (κ3) is 4.01. The van der Waals surface area contributed by atoms with Gasteiger partial charge in [-0.1, -0.05) is 58.7 Å². The monoisotopic (exact) mass is 428 g/mol. The molecule has 1 aliphatic heterocycles. The first kappa shape index (κ1) is 21.7. The maximum atomic E-state index is 13.3. The zero-order valence-corrected chi connectivity index (χ0v) is 18.6. The van der Waals surface area contributed by atoms with Crippen LogP contribution in [-0.4, -0.2) is 23.3 Å². The first-order valence-electron chi connectivity index (χ1n) is 10.7. The van der Waals surface area contributed by atoms with Crippen LogP contribution in [0.2, 0.25) is 0 Å².